The lowest BCUT2D eigenvalue weighted by Crippen LogP contribution is -2.36. The number of hydrogen-bond donors (Lipinski definition) is 2. The molecule has 2 aromatic rings. The summed E-state index contributed by atoms with van der Waals surface area (Å²) >= 11 is 0. The number of nitrogens with one attached hydrogen (secondary N) is 1. The molecule has 0 unspecified atom stereocenters. The summed E-state index contributed by atoms with van der Waals surface area (Å²) in [6, 6.07) is 5.41. The van der Waals surface area contributed by atoms with Gasteiger partial charge in [0.2, 0.25) is 0 Å². The van der Waals surface area contributed by atoms with Gasteiger partial charge in [-0.2, -0.15) is 9.97 Å². The van der Waals surface area contributed by atoms with E-state index in [0.29, 0.717) is 55.5 Å². The summed E-state index contributed by atoms with van der Waals surface area (Å²) in [5.41, 5.74) is 3.74. The van der Waals surface area contributed by atoms with Crippen molar-refractivity contribution in [1.29, 1.82) is 0 Å². The van der Waals surface area contributed by atoms with Crippen LogP contribution in [0.3, 0.4) is 0 Å². The fourth-order valence-corrected chi connectivity index (χ4v) is 4.44. The average molecular weight is 462 g/mol. The van der Waals surface area contributed by atoms with Gasteiger partial charge < -0.3 is 20.1 Å². The van der Waals surface area contributed by atoms with E-state index >= 15 is 4.39 Å². The van der Waals surface area contributed by atoms with Gasteiger partial charge in [-0.15, -0.1) is 0 Å². The first-order valence-electron chi connectivity index (χ1n) is 11.6. The normalized spacial score (nSPS) is 18.1. The van der Waals surface area contributed by atoms with Crippen LogP contribution < -0.4 is 15.0 Å². The van der Waals surface area contributed by atoms with Gasteiger partial charge in [-0.05, 0) is 56.4 Å². The van der Waals surface area contributed by atoms with E-state index in [1.165, 1.54) is 0 Å². The van der Waals surface area contributed by atoms with E-state index in [9.17, 15) is 5.11 Å². The van der Waals surface area contributed by atoms with E-state index < -0.39 is 5.82 Å². The van der Waals surface area contributed by atoms with Crippen LogP contribution in [-0.2, 0) is 6.42 Å². The smallest absolute Gasteiger partial charge is 0.326 e. The van der Waals surface area contributed by atoms with E-state index in [1.54, 1.807) is 6.07 Å². The highest BCUT2D eigenvalue weighted by Gasteiger charge is 2.22. The predicted octanol–water partition coefficient (Wildman–Crippen LogP) is 4.66. The second-order valence-corrected chi connectivity index (χ2v) is 8.88. The Bertz CT molecular complexity index is 1230. The van der Waals surface area contributed by atoms with Gasteiger partial charge in [-0.25, -0.2) is 4.39 Å². The summed E-state index contributed by atoms with van der Waals surface area (Å²) in [5, 5.41) is 13.1. The van der Waals surface area contributed by atoms with Gasteiger partial charge in [0.15, 0.2) is 11.6 Å². The van der Waals surface area contributed by atoms with E-state index in [0.717, 1.165) is 23.1 Å². The molecule has 0 bridgehead atoms. The third kappa shape index (κ3) is 4.72. The number of hydrogen-bond acceptors (Lipinski definition) is 7. The standard InChI is InChI=1S/C26H28FN5O2/c1-3-4-17-13-22(28-15-17)29-23-14-24(32-9-7-19(33)8-10-32)31-26(30-23)34-21-6-5-18-11-16(2)12-20(18)25(21)27/h3-6,12-14,19,33H,7-11,15H2,1-2H3,(H,28,29,30,31)/b4-3+. The maximum atomic E-state index is 15.2. The summed E-state index contributed by atoms with van der Waals surface area (Å²) < 4.78 is 21.0. The molecule has 3 heterocycles. The van der Waals surface area contributed by atoms with Crippen molar-refractivity contribution in [3.63, 3.8) is 0 Å². The maximum Gasteiger partial charge on any atom is 0.326 e. The monoisotopic (exact) mass is 461 g/mol. The molecule has 176 valence electrons. The molecule has 2 aliphatic heterocycles. The number of amidine groups is 1. The molecule has 1 saturated heterocycles. The molecule has 1 aliphatic carbocycles. The third-order valence-electron chi connectivity index (χ3n) is 6.17. The number of benzene rings is 1. The quantitative estimate of drug-likeness (QED) is 0.674. The topological polar surface area (TPSA) is 82.9 Å². The van der Waals surface area contributed by atoms with Crippen LogP contribution in [0.25, 0.3) is 6.08 Å². The Labute approximate surface area is 198 Å². The van der Waals surface area contributed by atoms with Crippen molar-refractivity contribution in [3.05, 3.63) is 64.5 Å². The average Bonchev–Trinajstić information content (AvgIpc) is 3.42. The predicted molar refractivity (Wildman–Crippen MR) is 132 cm³/mol. The molecule has 1 aromatic heterocycles. The highest BCUT2D eigenvalue weighted by atomic mass is 19.1. The molecule has 1 fully saturated rings. The summed E-state index contributed by atoms with van der Waals surface area (Å²) in [4.78, 5) is 15.6. The zero-order chi connectivity index (χ0) is 23.7. The number of rotatable bonds is 5. The first-order valence-corrected chi connectivity index (χ1v) is 11.6. The van der Waals surface area contributed by atoms with Crippen LogP contribution in [0.5, 0.6) is 11.8 Å². The Kier molecular flexibility index (Phi) is 6.15. The van der Waals surface area contributed by atoms with Crippen LogP contribution >= 0.6 is 0 Å². The molecular weight excluding hydrogens is 433 g/mol. The van der Waals surface area contributed by atoms with Crippen molar-refractivity contribution < 1.29 is 14.2 Å². The lowest BCUT2D eigenvalue weighted by atomic mass is 10.1. The van der Waals surface area contributed by atoms with Crippen LogP contribution in [0.2, 0.25) is 0 Å². The number of aromatic nitrogens is 2. The Hall–Kier alpha value is -3.52. The van der Waals surface area contributed by atoms with Gasteiger partial charge >= 0.3 is 6.01 Å². The number of anilines is 2. The molecular formula is C26H28FN5O2. The first kappa shape index (κ1) is 22.3. The highest BCUT2D eigenvalue weighted by molar-refractivity contribution is 6.05. The van der Waals surface area contributed by atoms with Crippen LogP contribution in [0.15, 0.2) is 52.6 Å². The molecule has 0 radical (unpaired) electrons. The zero-order valence-electron chi connectivity index (χ0n) is 19.4. The summed E-state index contributed by atoms with van der Waals surface area (Å²) in [5.74, 6) is 1.56. The van der Waals surface area contributed by atoms with Gasteiger partial charge in [0.25, 0.3) is 0 Å². The Morgan fingerprint density at radius 2 is 2.03 bits per heavy atom. The molecule has 34 heavy (non-hydrogen) atoms. The van der Waals surface area contributed by atoms with Crippen molar-refractivity contribution in [1.82, 2.24) is 9.97 Å². The number of ether oxygens (including phenoxy) is 1. The number of halogens is 1. The summed E-state index contributed by atoms with van der Waals surface area (Å²) in [6.45, 7) is 5.89. The van der Waals surface area contributed by atoms with E-state index in [2.05, 4.69) is 25.2 Å². The third-order valence-corrected chi connectivity index (χ3v) is 6.17. The van der Waals surface area contributed by atoms with Crippen LogP contribution in [0.1, 0.15) is 37.8 Å². The molecule has 5 rings (SSSR count). The maximum absolute atomic E-state index is 15.2. The molecule has 3 aliphatic rings. The molecule has 0 amide bonds. The minimum absolute atomic E-state index is 0.0555. The highest BCUT2D eigenvalue weighted by Crippen LogP contribution is 2.34. The Morgan fingerprint density at radius 1 is 1.21 bits per heavy atom. The Balaban J connectivity index is 1.45. The second-order valence-electron chi connectivity index (χ2n) is 8.88. The van der Waals surface area contributed by atoms with Gasteiger partial charge in [0, 0.05) is 24.7 Å². The summed E-state index contributed by atoms with van der Waals surface area (Å²) in [6.07, 6.45) is 9.59. The van der Waals surface area contributed by atoms with Crippen molar-refractivity contribution in [2.24, 2.45) is 4.99 Å². The zero-order valence-corrected chi connectivity index (χ0v) is 19.4. The minimum atomic E-state index is -0.405. The SMILES string of the molecule is C/C=C/C1=CC(Nc2cc(N3CCC(O)CC3)nc(Oc3ccc4c(c3F)C=C(C)C4)n2)=NC1. The number of piperidine rings is 1. The van der Waals surface area contributed by atoms with Gasteiger partial charge in [-0.1, -0.05) is 29.9 Å². The van der Waals surface area contributed by atoms with Gasteiger partial charge in [0.05, 0.1) is 12.6 Å². The Morgan fingerprint density at radius 3 is 2.82 bits per heavy atom. The fraction of sp³-hybridized carbons (Fsp3) is 0.346. The van der Waals surface area contributed by atoms with Crippen molar-refractivity contribution in [2.75, 3.05) is 29.9 Å². The van der Waals surface area contributed by atoms with Gasteiger partial charge in [-0.3, -0.25) is 4.99 Å². The molecule has 1 aromatic carbocycles. The number of aliphatic hydroxyl groups is 1. The number of allylic oxidation sites excluding steroid dienone is 2. The lowest BCUT2D eigenvalue weighted by molar-refractivity contribution is 0.145. The van der Waals surface area contributed by atoms with Crippen molar-refractivity contribution in [2.45, 2.75) is 39.2 Å². The van der Waals surface area contributed by atoms with Crippen LogP contribution in [0.4, 0.5) is 16.0 Å². The second kappa shape index (κ2) is 9.38. The molecule has 7 nitrogen and oxygen atoms in total. The largest absolute Gasteiger partial charge is 0.421 e. The van der Waals surface area contributed by atoms with Crippen molar-refractivity contribution >= 4 is 23.5 Å². The molecule has 2 N–H and O–H groups in total. The molecule has 0 saturated carbocycles. The number of aliphatic imine (C=N–C) groups is 1. The minimum Gasteiger partial charge on any atom is -0.421 e. The number of fused-ring (bicyclic) bond motifs is 1. The van der Waals surface area contributed by atoms with E-state index in [-0.39, 0.29) is 17.9 Å². The van der Waals surface area contributed by atoms with E-state index in [1.807, 2.05) is 50.3 Å². The summed E-state index contributed by atoms with van der Waals surface area (Å²) in [7, 11) is 0. The first-order chi connectivity index (χ1) is 16.5. The van der Waals surface area contributed by atoms with Gasteiger partial charge in [0.1, 0.15) is 17.5 Å². The van der Waals surface area contributed by atoms with Crippen LogP contribution in [0, 0.1) is 5.82 Å². The lowest BCUT2D eigenvalue weighted by Gasteiger charge is -2.30. The molecule has 8 heteroatoms. The fourth-order valence-electron chi connectivity index (χ4n) is 4.44. The number of nitrogens with zero attached hydrogens (tertiary/aromatic N) is 4. The van der Waals surface area contributed by atoms with Crippen molar-refractivity contribution in [3.8, 4) is 11.8 Å². The van der Waals surface area contributed by atoms with E-state index in [4.69, 9.17) is 4.74 Å². The molecule has 0 spiro atoms. The molecule has 0 atom stereocenters. The number of aliphatic hydroxyl groups excluding tert-OH is 1. The van der Waals surface area contributed by atoms with Crippen LogP contribution in [-0.4, -0.2) is 46.6 Å².